The number of fused-ring (bicyclic) bond motifs is 1. The number of benzene rings is 1. The number of carbonyl (C=O) groups excluding carboxylic acids is 1. The molecule has 3 rings (SSSR count). The summed E-state index contributed by atoms with van der Waals surface area (Å²) in [5, 5.41) is 18.7. The molecule has 0 N–H and O–H groups in total. The van der Waals surface area contributed by atoms with E-state index in [1.54, 1.807) is 10.9 Å². The first-order chi connectivity index (χ1) is 12.5. The molecule has 0 bridgehead atoms. The third-order valence-electron chi connectivity index (χ3n) is 4.10. The lowest BCUT2D eigenvalue weighted by atomic mass is 10.2. The number of hydrogen-bond donors (Lipinski definition) is 0. The summed E-state index contributed by atoms with van der Waals surface area (Å²) >= 11 is 0. The second-order valence-corrected chi connectivity index (χ2v) is 6.36. The van der Waals surface area contributed by atoms with E-state index in [1.807, 2.05) is 43.7 Å². The second kappa shape index (κ2) is 7.40. The van der Waals surface area contributed by atoms with Gasteiger partial charge in [-0.05, 0) is 38.5 Å². The van der Waals surface area contributed by atoms with Crippen molar-refractivity contribution in [2.45, 2.75) is 39.7 Å². The molecule has 0 aliphatic rings. The molecule has 0 spiro atoms. The molecule has 0 unspecified atom stereocenters. The summed E-state index contributed by atoms with van der Waals surface area (Å²) in [6.07, 6.45) is 4.93. The molecule has 0 amide bonds. The number of hydrogen-bond acceptors (Lipinski definition) is 5. The number of ether oxygens (including phenoxy) is 1. The van der Waals surface area contributed by atoms with Crippen LogP contribution in [0.25, 0.3) is 16.6 Å². The van der Waals surface area contributed by atoms with Gasteiger partial charge in [-0.2, -0.15) is 15.5 Å². The maximum absolute atomic E-state index is 12.0. The van der Waals surface area contributed by atoms with E-state index >= 15 is 0 Å². The van der Waals surface area contributed by atoms with Crippen molar-refractivity contribution in [3.63, 3.8) is 0 Å². The van der Waals surface area contributed by atoms with E-state index < -0.39 is 0 Å². The Balaban J connectivity index is 1.92. The fraction of sp³-hybridized carbons (Fsp3) is 0.368. The van der Waals surface area contributed by atoms with E-state index in [4.69, 9.17) is 4.74 Å². The summed E-state index contributed by atoms with van der Waals surface area (Å²) in [6.45, 7) is 6.49. The number of nitrogens with zero attached hydrogens (tertiary/aromatic N) is 5. The monoisotopic (exact) mass is 351 g/mol. The zero-order valence-electron chi connectivity index (χ0n) is 15.1. The van der Waals surface area contributed by atoms with Gasteiger partial charge in [0, 0.05) is 17.6 Å². The Labute approximate surface area is 151 Å². The lowest BCUT2D eigenvalue weighted by molar-refractivity contribution is 0.0499. The van der Waals surface area contributed by atoms with Gasteiger partial charge < -0.3 is 4.74 Å². The first-order valence-electron chi connectivity index (χ1n) is 8.69. The molecule has 7 nitrogen and oxygen atoms in total. The van der Waals surface area contributed by atoms with Crippen molar-refractivity contribution >= 4 is 16.9 Å². The molecule has 0 saturated carbocycles. The third-order valence-corrected chi connectivity index (χ3v) is 4.10. The Morgan fingerprint density at radius 2 is 2.19 bits per heavy atom. The fourth-order valence-corrected chi connectivity index (χ4v) is 2.71. The van der Waals surface area contributed by atoms with Crippen molar-refractivity contribution in [2.24, 2.45) is 0 Å². The summed E-state index contributed by atoms with van der Waals surface area (Å²) < 4.78 is 8.64. The number of carbonyl (C=O) groups is 1. The number of rotatable bonds is 6. The molecule has 0 atom stereocenters. The normalized spacial score (nSPS) is 11.0. The van der Waals surface area contributed by atoms with Gasteiger partial charge in [0.25, 0.3) is 0 Å². The third kappa shape index (κ3) is 3.31. The van der Waals surface area contributed by atoms with E-state index in [2.05, 4.69) is 16.3 Å². The molecule has 134 valence electrons. The van der Waals surface area contributed by atoms with Crippen molar-refractivity contribution in [3.05, 3.63) is 41.9 Å². The van der Waals surface area contributed by atoms with Gasteiger partial charge in [0.15, 0.2) is 5.69 Å². The average molecular weight is 351 g/mol. The van der Waals surface area contributed by atoms with Gasteiger partial charge in [-0.15, -0.1) is 0 Å². The molecule has 3 aromatic rings. The molecule has 2 aromatic heterocycles. The first kappa shape index (κ1) is 17.7. The van der Waals surface area contributed by atoms with Crippen LogP contribution in [-0.2, 0) is 4.74 Å². The average Bonchev–Trinajstić information content (AvgIpc) is 3.26. The Morgan fingerprint density at radius 1 is 1.38 bits per heavy atom. The Bertz CT molecular complexity index is 978. The SMILES string of the molecule is CCCCOC(=O)c1cnn(-c2ccc3c(c2)c(C#N)nn3C(C)C)c1. The highest BCUT2D eigenvalue weighted by Crippen LogP contribution is 2.24. The Kier molecular flexibility index (Phi) is 5.03. The smallest absolute Gasteiger partial charge is 0.341 e. The molecule has 7 heteroatoms. The van der Waals surface area contributed by atoms with Crippen LogP contribution in [0.5, 0.6) is 0 Å². The maximum Gasteiger partial charge on any atom is 0.341 e. The van der Waals surface area contributed by atoms with Crippen LogP contribution in [0.3, 0.4) is 0 Å². The topological polar surface area (TPSA) is 85.7 Å². The van der Waals surface area contributed by atoms with E-state index in [1.165, 1.54) is 6.20 Å². The van der Waals surface area contributed by atoms with Crippen LogP contribution in [-0.4, -0.2) is 32.1 Å². The van der Waals surface area contributed by atoms with Crippen LogP contribution in [0.1, 0.15) is 55.7 Å². The van der Waals surface area contributed by atoms with Crippen molar-refractivity contribution in [3.8, 4) is 11.8 Å². The molecular weight excluding hydrogens is 330 g/mol. The minimum atomic E-state index is -0.379. The van der Waals surface area contributed by atoms with Crippen molar-refractivity contribution < 1.29 is 9.53 Å². The van der Waals surface area contributed by atoms with Crippen LogP contribution in [0, 0.1) is 11.3 Å². The number of aromatic nitrogens is 4. The maximum atomic E-state index is 12.0. The van der Waals surface area contributed by atoms with Crippen LogP contribution < -0.4 is 0 Å². The number of esters is 1. The minimum absolute atomic E-state index is 0.152. The fourth-order valence-electron chi connectivity index (χ4n) is 2.71. The number of nitriles is 1. The zero-order chi connectivity index (χ0) is 18.7. The summed E-state index contributed by atoms with van der Waals surface area (Å²) in [7, 11) is 0. The van der Waals surface area contributed by atoms with E-state index in [9.17, 15) is 10.1 Å². The van der Waals surface area contributed by atoms with Crippen LogP contribution in [0.2, 0.25) is 0 Å². The predicted molar refractivity (Wildman–Crippen MR) is 97.1 cm³/mol. The molecule has 2 heterocycles. The lowest BCUT2D eigenvalue weighted by Crippen LogP contribution is -2.05. The quantitative estimate of drug-likeness (QED) is 0.500. The first-order valence-corrected chi connectivity index (χ1v) is 8.69. The number of unbranched alkanes of at least 4 members (excludes halogenated alkanes) is 1. The Hall–Kier alpha value is -3.14. The molecule has 1 aromatic carbocycles. The van der Waals surface area contributed by atoms with Crippen molar-refractivity contribution in [1.29, 1.82) is 5.26 Å². The highest BCUT2D eigenvalue weighted by atomic mass is 16.5. The molecule has 0 aliphatic heterocycles. The minimum Gasteiger partial charge on any atom is -0.462 e. The van der Waals surface area contributed by atoms with E-state index in [0.29, 0.717) is 17.9 Å². The summed E-state index contributed by atoms with van der Waals surface area (Å²) in [4.78, 5) is 12.0. The molecule has 0 radical (unpaired) electrons. The van der Waals surface area contributed by atoms with Gasteiger partial charge >= 0.3 is 5.97 Å². The molecular formula is C19H21N5O2. The van der Waals surface area contributed by atoms with Crippen molar-refractivity contribution in [1.82, 2.24) is 19.6 Å². The Morgan fingerprint density at radius 3 is 2.88 bits per heavy atom. The molecule has 26 heavy (non-hydrogen) atoms. The van der Waals surface area contributed by atoms with Gasteiger partial charge in [-0.1, -0.05) is 13.3 Å². The second-order valence-electron chi connectivity index (χ2n) is 6.36. The summed E-state index contributed by atoms with van der Waals surface area (Å²) in [5.74, 6) is -0.379. The zero-order valence-corrected chi connectivity index (χ0v) is 15.1. The van der Waals surface area contributed by atoms with Crippen molar-refractivity contribution in [2.75, 3.05) is 6.61 Å². The lowest BCUT2D eigenvalue weighted by Gasteiger charge is -2.07. The largest absolute Gasteiger partial charge is 0.462 e. The van der Waals surface area contributed by atoms with E-state index in [0.717, 1.165) is 29.4 Å². The summed E-state index contributed by atoms with van der Waals surface area (Å²) in [5.41, 5.74) is 2.43. The highest BCUT2D eigenvalue weighted by molar-refractivity contribution is 5.89. The van der Waals surface area contributed by atoms with Gasteiger partial charge in [-0.3, -0.25) is 4.68 Å². The molecule has 0 fully saturated rings. The van der Waals surface area contributed by atoms with Crippen LogP contribution >= 0.6 is 0 Å². The van der Waals surface area contributed by atoms with E-state index in [-0.39, 0.29) is 12.0 Å². The predicted octanol–water partition coefficient (Wildman–Crippen LogP) is 3.63. The van der Waals surface area contributed by atoms with Crippen LogP contribution in [0.15, 0.2) is 30.6 Å². The standard InChI is InChI=1S/C19H21N5O2/c1-4-5-8-26-19(25)14-11-21-23(12-14)15-6-7-18-16(9-15)17(10-20)22-24(18)13(2)3/h6-7,9,11-13H,4-5,8H2,1-3H3. The van der Waals surface area contributed by atoms with Gasteiger partial charge in [0.05, 0.1) is 29.6 Å². The molecule has 0 saturated heterocycles. The van der Waals surface area contributed by atoms with Crippen LogP contribution in [0.4, 0.5) is 0 Å². The van der Waals surface area contributed by atoms with Gasteiger partial charge in [-0.25, -0.2) is 9.48 Å². The summed E-state index contributed by atoms with van der Waals surface area (Å²) in [6, 6.07) is 7.96. The van der Waals surface area contributed by atoms with Gasteiger partial charge in [0.2, 0.25) is 0 Å². The van der Waals surface area contributed by atoms with Gasteiger partial charge in [0.1, 0.15) is 6.07 Å². The molecule has 0 aliphatic carbocycles. The highest BCUT2D eigenvalue weighted by Gasteiger charge is 2.15.